The van der Waals surface area contributed by atoms with E-state index < -0.39 is 88.7 Å². The van der Waals surface area contributed by atoms with Crippen molar-refractivity contribution in [2.75, 3.05) is 12.4 Å². The number of nitrogens with zero attached hydrogens (tertiary/aromatic N) is 2. The van der Waals surface area contributed by atoms with Crippen molar-refractivity contribution in [3.63, 3.8) is 0 Å². The number of rotatable bonds is 12. The SMILES string of the molecule is O=c1ccn(C2OC(COP(=O)(O)OP(=O)(O)OC3OC(CSSc4ccccn4)C(O)C(O)C3O)C(O)C2O)c(=O)[nH]1. The van der Waals surface area contributed by atoms with Crippen molar-refractivity contribution in [3.8, 4) is 0 Å². The Morgan fingerprint density at radius 1 is 0.930 bits per heavy atom. The van der Waals surface area contributed by atoms with Gasteiger partial charge in [-0.15, -0.1) is 0 Å². The zero-order valence-electron chi connectivity index (χ0n) is 21.5. The second kappa shape index (κ2) is 14.3. The highest BCUT2D eigenvalue weighted by molar-refractivity contribution is 8.76. The summed E-state index contributed by atoms with van der Waals surface area (Å²) in [4.78, 5) is 49.3. The third kappa shape index (κ3) is 8.82. The zero-order chi connectivity index (χ0) is 31.5. The Balaban J connectivity index is 1.32. The van der Waals surface area contributed by atoms with Crippen LogP contribution in [0.25, 0.3) is 0 Å². The number of hydrogen-bond acceptors (Lipinski definition) is 17. The standard InChI is InChI=1S/C20H27N3O16P2S2/c24-11-4-6-23(20(30)22-11)18-16(28)13(25)9(36-18)7-35-40(31,32)39-41(33,34)38-19-17(29)15(27)14(26)10(37-19)8-42-43-12-3-1-2-5-21-12/h1-6,9-10,13-19,25-29H,7-8H2,(H,31,32)(H,33,34)(H,22,24,30). The first-order chi connectivity index (χ1) is 20.2. The maximum Gasteiger partial charge on any atom is 0.483 e. The first kappa shape index (κ1) is 34.4. The molecule has 0 aliphatic carbocycles. The molecule has 43 heavy (non-hydrogen) atoms. The average Bonchev–Trinajstić information content (AvgIpc) is 3.21. The maximum atomic E-state index is 12.5. The van der Waals surface area contributed by atoms with E-state index in [0.29, 0.717) is 5.03 Å². The van der Waals surface area contributed by atoms with E-state index in [1.54, 1.807) is 24.4 Å². The summed E-state index contributed by atoms with van der Waals surface area (Å²) in [5.74, 6) is -0.0218. The van der Waals surface area contributed by atoms with Crippen molar-refractivity contribution < 1.29 is 67.3 Å². The molecule has 2 aliphatic heterocycles. The van der Waals surface area contributed by atoms with Gasteiger partial charge in [-0.25, -0.2) is 18.9 Å². The van der Waals surface area contributed by atoms with Crippen LogP contribution in [0, 0.1) is 0 Å². The quantitative estimate of drug-likeness (QED) is 0.0886. The topological polar surface area (TPSA) is 290 Å². The summed E-state index contributed by atoms with van der Waals surface area (Å²) in [7, 11) is -8.75. The van der Waals surface area contributed by atoms with Gasteiger partial charge in [0.15, 0.2) is 12.5 Å². The summed E-state index contributed by atoms with van der Waals surface area (Å²) in [6.07, 6.45) is -13.1. The fourth-order valence-corrected chi connectivity index (χ4v) is 8.15. The second-order valence-electron chi connectivity index (χ2n) is 9.03. The molecule has 0 amide bonds. The molecule has 2 aromatic rings. The van der Waals surface area contributed by atoms with Gasteiger partial charge in [-0.05, 0) is 22.9 Å². The summed E-state index contributed by atoms with van der Waals surface area (Å²) in [5, 5.41) is 51.7. The normalized spacial score (nSPS) is 34.0. The number of hydrogen-bond donors (Lipinski definition) is 8. The fourth-order valence-electron chi connectivity index (χ4n) is 3.90. The van der Waals surface area contributed by atoms with Crippen molar-refractivity contribution in [2.45, 2.75) is 60.3 Å². The Kier molecular flexibility index (Phi) is 11.4. The Labute approximate surface area is 249 Å². The Bertz CT molecular complexity index is 1450. The van der Waals surface area contributed by atoms with Crippen LogP contribution in [0.5, 0.6) is 0 Å². The van der Waals surface area contributed by atoms with Gasteiger partial charge in [-0.1, -0.05) is 16.9 Å². The molecule has 4 heterocycles. The van der Waals surface area contributed by atoms with E-state index in [1.807, 2.05) is 4.98 Å². The largest absolute Gasteiger partial charge is 0.483 e. The minimum atomic E-state index is -5.60. The van der Waals surface area contributed by atoms with Gasteiger partial charge >= 0.3 is 21.3 Å². The average molecular weight is 692 g/mol. The number of pyridine rings is 1. The van der Waals surface area contributed by atoms with Crippen molar-refractivity contribution in [1.29, 1.82) is 0 Å². The fraction of sp³-hybridized carbons (Fsp3) is 0.550. The first-order valence-corrected chi connectivity index (χ1v) is 17.4. The molecule has 11 unspecified atom stereocenters. The highest BCUT2D eigenvalue weighted by Crippen LogP contribution is 2.61. The molecule has 2 aromatic heterocycles. The van der Waals surface area contributed by atoms with E-state index >= 15 is 0 Å². The Morgan fingerprint density at radius 2 is 1.65 bits per heavy atom. The van der Waals surface area contributed by atoms with Gasteiger partial charge in [0, 0.05) is 24.2 Å². The van der Waals surface area contributed by atoms with Gasteiger partial charge in [0.25, 0.3) is 5.56 Å². The van der Waals surface area contributed by atoms with Crippen molar-refractivity contribution in [3.05, 3.63) is 57.5 Å². The molecule has 0 saturated carbocycles. The lowest BCUT2D eigenvalue weighted by atomic mass is 10.0. The van der Waals surface area contributed by atoms with E-state index in [4.69, 9.17) is 9.47 Å². The number of phosphoric acid groups is 2. The molecule has 0 bridgehead atoms. The lowest BCUT2D eigenvalue weighted by Crippen LogP contribution is -2.58. The monoisotopic (exact) mass is 691 g/mol. The number of ether oxygens (including phenoxy) is 2. The second-order valence-corrected chi connectivity index (χ2v) is 14.4. The predicted molar refractivity (Wildman–Crippen MR) is 144 cm³/mol. The molecule has 2 fully saturated rings. The predicted octanol–water partition coefficient (Wildman–Crippen LogP) is -1.95. The van der Waals surface area contributed by atoms with Crippen LogP contribution in [0.1, 0.15) is 6.23 Å². The van der Waals surface area contributed by atoms with E-state index in [1.165, 1.54) is 10.8 Å². The van der Waals surface area contributed by atoms with Crippen LogP contribution >= 0.6 is 37.2 Å². The minimum absolute atomic E-state index is 0.0218. The number of aliphatic hydroxyl groups excluding tert-OH is 5. The number of nitrogens with one attached hydrogen (secondary N) is 1. The third-order valence-corrected chi connectivity index (χ3v) is 10.9. The van der Waals surface area contributed by atoms with Gasteiger partial charge in [0.05, 0.1) is 12.7 Å². The lowest BCUT2D eigenvalue weighted by Gasteiger charge is -2.40. The third-order valence-electron chi connectivity index (χ3n) is 5.99. The summed E-state index contributed by atoms with van der Waals surface area (Å²) < 4.78 is 49.7. The van der Waals surface area contributed by atoms with E-state index in [9.17, 15) is 54.0 Å². The van der Waals surface area contributed by atoms with E-state index in [0.717, 1.165) is 27.6 Å². The molecule has 2 saturated heterocycles. The first-order valence-electron chi connectivity index (χ1n) is 12.1. The number of aromatic nitrogens is 3. The Morgan fingerprint density at radius 3 is 2.33 bits per heavy atom. The number of aromatic amines is 1. The van der Waals surface area contributed by atoms with Crippen LogP contribution in [0.4, 0.5) is 0 Å². The van der Waals surface area contributed by atoms with Gasteiger partial charge in [0.2, 0.25) is 0 Å². The van der Waals surface area contributed by atoms with Crippen molar-refractivity contribution in [1.82, 2.24) is 14.5 Å². The van der Waals surface area contributed by atoms with Crippen LogP contribution in [-0.2, 0) is 32.0 Å². The molecule has 0 spiro atoms. The number of aliphatic hydroxyl groups is 5. The van der Waals surface area contributed by atoms with Gasteiger partial charge in [-0.2, -0.15) is 4.31 Å². The van der Waals surface area contributed by atoms with Gasteiger partial charge in [0.1, 0.15) is 41.6 Å². The number of H-pyrrole nitrogens is 1. The molecule has 240 valence electrons. The van der Waals surface area contributed by atoms with Crippen LogP contribution in [0.3, 0.4) is 0 Å². The van der Waals surface area contributed by atoms with Crippen LogP contribution in [0.15, 0.2) is 51.3 Å². The van der Waals surface area contributed by atoms with Gasteiger partial charge < -0.3 is 44.8 Å². The molecule has 11 atom stereocenters. The van der Waals surface area contributed by atoms with Crippen LogP contribution in [0.2, 0.25) is 0 Å². The Hall–Kier alpha value is -1.49. The van der Waals surface area contributed by atoms with Crippen molar-refractivity contribution >= 4 is 37.2 Å². The summed E-state index contributed by atoms with van der Waals surface area (Å²) in [6, 6.07) is 6.11. The molecule has 0 radical (unpaired) electrons. The molecule has 2 aliphatic rings. The molecule has 4 rings (SSSR count). The van der Waals surface area contributed by atoms with E-state index in [2.05, 4.69) is 18.3 Å². The van der Waals surface area contributed by atoms with Gasteiger partial charge in [-0.3, -0.25) is 23.4 Å². The zero-order valence-corrected chi connectivity index (χ0v) is 24.9. The van der Waals surface area contributed by atoms with Crippen LogP contribution in [-0.4, -0.2) is 111 Å². The van der Waals surface area contributed by atoms with E-state index in [-0.39, 0.29) is 5.75 Å². The molecule has 0 aromatic carbocycles. The molecule has 23 heteroatoms. The number of phosphoric ester groups is 2. The minimum Gasteiger partial charge on any atom is -0.388 e. The summed E-state index contributed by atoms with van der Waals surface area (Å²) >= 11 is 0. The highest BCUT2D eigenvalue weighted by atomic mass is 33.1. The summed E-state index contributed by atoms with van der Waals surface area (Å²) in [5.41, 5.74) is -1.73. The maximum absolute atomic E-state index is 12.5. The molecular weight excluding hydrogens is 664 g/mol. The molecule has 19 nitrogen and oxygen atoms in total. The van der Waals surface area contributed by atoms with Crippen LogP contribution < -0.4 is 11.2 Å². The highest BCUT2D eigenvalue weighted by Gasteiger charge is 2.49. The lowest BCUT2D eigenvalue weighted by molar-refractivity contribution is -0.270. The molecule has 8 N–H and O–H groups in total. The van der Waals surface area contributed by atoms with Crippen molar-refractivity contribution in [2.24, 2.45) is 0 Å². The smallest absolute Gasteiger partial charge is 0.388 e. The molecular formula is C20H27N3O16P2S2. The summed E-state index contributed by atoms with van der Waals surface area (Å²) in [6.45, 7) is -1.01.